The van der Waals surface area contributed by atoms with Crippen molar-refractivity contribution in [3.8, 4) is 10.7 Å². The maximum atomic E-state index is 11.5. The highest BCUT2D eigenvalue weighted by Crippen LogP contribution is 2.26. The Balaban J connectivity index is 2.47. The second kappa shape index (κ2) is 4.59. The minimum Gasteiger partial charge on any atom is -0.306 e. The van der Waals surface area contributed by atoms with Crippen LogP contribution in [0.4, 0.5) is 0 Å². The van der Waals surface area contributed by atoms with Gasteiger partial charge in [-0.3, -0.25) is 4.79 Å². The third-order valence-electron chi connectivity index (χ3n) is 1.82. The van der Waals surface area contributed by atoms with Gasteiger partial charge in [0.15, 0.2) is 0 Å². The molecule has 0 aliphatic heterocycles. The van der Waals surface area contributed by atoms with Crippen molar-refractivity contribution < 1.29 is 0 Å². The van der Waals surface area contributed by atoms with Crippen LogP contribution in [-0.2, 0) is 5.33 Å². The van der Waals surface area contributed by atoms with Crippen LogP contribution in [0, 0.1) is 0 Å². The number of nitrogens with one attached hydrogen (secondary N) is 1. The quantitative estimate of drug-likeness (QED) is 0.846. The standard InChI is InChI=1S/C9H6Br2N2OS/c10-2-5-3-12-8(13-9(5)14)7-1-6(11)4-15-7/h1,3-4H,2H2,(H,12,13,14). The number of aromatic nitrogens is 2. The third-order valence-corrected chi connectivity index (χ3v) is 4.12. The molecule has 0 aromatic carbocycles. The van der Waals surface area contributed by atoms with E-state index in [2.05, 4.69) is 41.8 Å². The van der Waals surface area contributed by atoms with Crippen LogP contribution in [0.3, 0.4) is 0 Å². The van der Waals surface area contributed by atoms with Crippen molar-refractivity contribution in [3.05, 3.63) is 38.0 Å². The lowest BCUT2D eigenvalue weighted by Crippen LogP contribution is -2.12. The molecule has 0 spiro atoms. The molecule has 2 rings (SSSR count). The molecule has 6 heteroatoms. The van der Waals surface area contributed by atoms with Crippen molar-refractivity contribution in [3.63, 3.8) is 0 Å². The zero-order valence-electron chi connectivity index (χ0n) is 7.46. The Morgan fingerprint density at radius 3 is 2.87 bits per heavy atom. The summed E-state index contributed by atoms with van der Waals surface area (Å²) in [7, 11) is 0. The van der Waals surface area contributed by atoms with Gasteiger partial charge in [-0.25, -0.2) is 4.98 Å². The van der Waals surface area contributed by atoms with Gasteiger partial charge in [-0.2, -0.15) is 0 Å². The van der Waals surface area contributed by atoms with E-state index >= 15 is 0 Å². The van der Waals surface area contributed by atoms with Gasteiger partial charge in [-0.05, 0) is 22.0 Å². The van der Waals surface area contributed by atoms with E-state index in [-0.39, 0.29) is 5.56 Å². The summed E-state index contributed by atoms with van der Waals surface area (Å²) in [5.41, 5.74) is 0.538. The number of halogens is 2. The van der Waals surface area contributed by atoms with Gasteiger partial charge in [0.2, 0.25) is 0 Å². The molecular weight excluding hydrogens is 344 g/mol. The minimum absolute atomic E-state index is 0.0959. The summed E-state index contributed by atoms with van der Waals surface area (Å²) in [6, 6.07) is 1.93. The number of hydrogen-bond donors (Lipinski definition) is 1. The molecule has 3 nitrogen and oxygen atoms in total. The maximum absolute atomic E-state index is 11.5. The number of hydrogen-bond acceptors (Lipinski definition) is 3. The average Bonchev–Trinajstić information content (AvgIpc) is 2.65. The van der Waals surface area contributed by atoms with Gasteiger partial charge in [0, 0.05) is 26.9 Å². The van der Waals surface area contributed by atoms with Crippen LogP contribution in [-0.4, -0.2) is 9.97 Å². The molecule has 0 saturated carbocycles. The predicted molar refractivity (Wildman–Crippen MR) is 68.5 cm³/mol. The summed E-state index contributed by atoms with van der Waals surface area (Å²) in [6.07, 6.45) is 1.59. The van der Waals surface area contributed by atoms with Gasteiger partial charge >= 0.3 is 0 Å². The first kappa shape index (κ1) is 11.0. The maximum Gasteiger partial charge on any atom is 0.255 e. The van der Waals surface area contributed by atoms with Crippen molar-refractivity contribution >= 4 is 43.2 Å². The van der Waals surface area contributed by atoms with Gasteiger partial charge in [0.25, 0.3) is 5.56 Å². The fourth-order valence-corrected chi connectivity index (χ4v) is 2.86. The average molecular weight is 350 g/mol. The summed E-state index contributed by atoms with van der Waals surface area (Å²) in [5, 5.41) is 2.47. The Hall–Kier alpha value is -0.460. The highest BCUT2D eigenvalue weighted by atomic mass is 79.9. The second-order valence-corrected chi connectivity index (χ2v) is 5.24. The first-order valence-corrected chi connectivity index (χ1v) is 6.88. The lowest BCUT2D eigenvalue weighted by Gasteiger charge is -1.97. The molecule has 2 aromatic rings. The molecule has 2 heterocycles. The van der Waals surface area contributed by atoms with E-state index in [1.165, 1.54) is 11.3 Å². The zero-order chi connectivity index (χ0) is 10.8. The monoisotopic (exact) mass is 348 g/mol. The molecule has 0 amide bonds. The number of nitrogens with zero attached hydrogens (tertiary/aromatic N) is 1. The largest absolute Gasteiger partial charge is 0.306 e. The zero-order valence-corrected chi connectivity index (χ0v) is 11.4. The number of H-pyrrole nitrogens is 1. The molecule has 0 saturated heterocycles. The van der Waals surface area contributed by atoms with Crippen LogP contribution in [0.25, 0.3) is 10.7 Å². The Labute approximate surface area is 107 Å². The first-order valence-electron chi connectivity index (χ1n) is 4.09. The number of thiophene rings is 1. The van der Waals surface area contributed by atoms with Crippen LogP contribution in [0.2, 0.25) is 0 Å². The molecule has 2 aromatic heterocycles. The fourth-order valence-electron chi connectivity index (χ4n) is 1.08. The first-order chi connectivity index (χ1) is 7.20. The summed E-state index contributed by atoms with van der Waals surface area (Å²) < 4.78 is 0.995. The highest BCUT2D eigenvalue weighted by molar-refractivity contribution is 9.10. The van der Waals surface area contributed by atoms with E-state index < -0.39 is 0 Å². The fraction of sp³-hybridized carbons (Fsp3) is 0.111. The SMILES string of the molecule is O=c1[nH]c(-c2cc(Br)cs2)ncc1CBr. The third kappa shape index (κ3) is 2.38. The Kier molecular flexibility index (Phi) is 3.38. The van der Waals surface area contributed by atoms with Gasteiger partial charge in [-0.15, -0.1) is 11.3 Å². The molecule has 0 fully saturated rings. The molecular formula is C9H6Br2N2OS. The highest BCUT2D eigenvalue weighted by Gasteiger charge is 2.05. The van der Waals surface area contributed by atoms with Gasteiger partial charge in [0.1, 0.15) is 5.82 Å². The van der Waals surface area contributed by atoms with Crippen molar-refractivity contribution in [2.75, 3.05) is 0 Å². The lowest BCUT2D eigenvalue weighted by atomic mass is 10.3. The number of rotatable bonds is 2. The molecule has 78 valence electrons. The van der Waals surface area contributed by atoms with E-state index in [4.69, 9.17) is 0 Å². The molecule has 0 radical (unpaired) electrons. The molecule has 0 aliphatic rings. The van der Waals surface area contributed by atoms with Crippen LogP contribution < -0.4 is 5.56 Å². The van der Waals surface area contributed by atoms with Crippen molar-refractivity contribution in [1.82, 2.24) is 9.97 Å². The van der Waals surface area contributed by atoms with Crippen molar-refractivity contribution in [1.29, 1.82) is 0 Å². The Morgan fingerprint density at radius 1 is 1.53 bits per heavy atom. The summed E-state index contributed by atoms with van der Waals surface area (Å²) in [5.74, 6) is 0.611. The summed E-state index contributed by atoms with van der Waals surface area (Å²) in [4.78, 5) is 19.4. The van der Waals surface area contributed by atoms with Crippen LogP contribution in [0.15, 0.2) is 26.9 Å². The number of aromatic amines is 1. The minimum atomic E-state index is -0.0959. The lowest BCUT2D eigenvalue weighted by molar-refractivity contribution is 1.09. The van der Waals surface area contributed by atoms with E-state index in [0.29, 0.717) is 16.7 Å². The van der Waals surface area contributed by atoms with E-state index in [9.17, 15) is 4.79 Å². The Bertz CT molecular complexity index is 535. The molecule has 0 aliphatic carbocycles. The molecule has 1 N–H and O–H groups in total. The van der Waals surface area contributed by atoms with E-state index in [1.807, 2.05) is 11.4 Å². The predicted octanol–water partition coefficient (Wildman–Crippen LogP) is 3.16. The second-order valence-electron chi connectivity index (χ2n) is 2.85. The topological polar surface area (TPSA) is 45.8 Å². The van der Waals surface area contributed by atoms with Gasteiger partial charge in [-0.1, -0.05) is 15.9 Å². The summed E-state index contributed by atoms with van der Waals surface area (Å²) in [6.45, 7) is 0. The number of alkyl halides is 1. The van der Waals surface area contributed by atoms with Gasteiger partial charge in [0.05, 0.1) is 4.88 Å². The normalized spacial score (nSPS) is 10.5. The van der Waals surface area contributed by atoms with E-state index in [1.54, 1.807) is 6.20 Å². The van der Waals surface area contributed by atoms with Crippen LogP contribution in [0.1, 0.15) is 5.56 Å². The van der Waals surface area contributed by atoms with Crippen LogP contribution in [0.5, 0.6) is 0 Å². The van der Waals surface area contributed by atoms with Gasteiger partial charge < -0.3 is 4.98 Å². The molecule has 0 bridgehead atoms. The molecule has 0 atom stereocenters. The van der Waals surface area contributed by atoms with E-state index in [0.717, 1.165) is 9.35 Å². The van der Waals surface area contributed by atoms with Crippen LogP contribution >= 0.6 is 43.2 Å². The smallest absolute Gasteiger partial charge is 0.255 e. The van der Waals surface area contributed by atoms with Crippen molar-refractivity contribution in [2.24, 2.45) is 0 Å². The molecule has 15 heavy (non-hydrogen) atoms. The summed E-state index contributed by atoms with van der Waals surface area (Å²) >= 11 is 8.12. The Morgan fingerprint density at radius 2 is 2.33 bits per heavy atom. The van der Waals surface area contributed by atoms with Crippen molar-refractivity contribution in [2.45, 2.75) is 5.33 Å². The molecule has 0 unspecified atom stereocenters.